The Hall–Kier alpha value is -4.16. The number of carbonyl (C=O) groups is 1. The van der Waals surface area contributed by atoms with Crippen molar-refractivity contribution >= 4 is 29.0 Å². The standard InChI is InChI=1S/C33H37N3O3/c1-38-31-20-16-26(24-32(31)39-25-27-10-4-2-5-11-27)15-18-29-19-17-28-12-7-8-13-30(28)36(29)23-9-3-6-14-33(37)35-22-21-34/h2,4-5,7-8,10-13,15-20,24H,3,6,9,14,21-23,25,34H2,1H3/p+1/b18-15+. The molecule has 39 heavy (non-hydrogen) atoms. The van der Waals surface area contributed by atoms with Gasteiger partial charge in [0.15, 0.2) is 11.5 Å². The average Bonchev–Trinajstić information content (AvgIpc) is 2.98. The molecule has 0 saturated carbocycles. The highest BCUT2D eigenvalue weighted by Crippen LogP contribution is 2.29. The van der Waals surface area contributed by atoms with Crippen LogP contribution in [0.4, 0.5) is 0 Å². The first-order valence-corrected chi connectivity index (χ1v) is 13.6. The summed E-state index contributed by atoms with van der Waals surface area (Å²) in [4.78, 5) is 11.9. The largest absolute Gasteiger partial charge is 0.493 e. The van der Waals surface area contributed by atoms with Crippen molar-refractivity contribution in [1.82, 2.24) is 5.32 Å². The molecule has 0 atom stereocenters. The third-order valence-corrected chi connectivity index (χ3v) is 6.60. The van der Waals surface area contributed by atoms with Crippen LogP contribution in [0.25, 0.3) is 23.1 Å². The number of ether oxygens (including phenoxy) is 2. The van der Waals surface area contributed by atoms with Gasteiger partial charge in [0.05, 0.1) is 7.11 Å². The van der Waals surface area contributed by atoms with E-state index in [0.717, 1.165) is 42.6 Å². The Balaban J connectivity index is 1.47. The fraction of sp³-hybridized carbons (Fsp3) is 0.273. The number of aromatic nitrogens is 1. The average molecular weight is 525 g/mol. The van der Waals surface area contributed by atoms with Crippen molar-refractivity contribution in [3.8, 4) is 11.5 Å². The second-order valence-corrected chi connectivity index (χ2v) is 9.44. The third-order valence-electron chi connectivity index (χ3n) is 6.60. The van der Waals surface area contributed by atoms with Crippen LogP contribution in [-0.2, 0) is 17.9 Å². The number of para-hydroxylation sites is 1. The summed E-state index contributed by atoms with van der Waals surface area (Å²) < 4.78 is 14.0. The van der Waals surface area contributed by atoms with Crippen LogP contribution in [0.2, 0.25) is 0 Å². The number of nitrogens with two attached hydrogens (primary N) is 1. The molecule has 0 aliphatic heterocycles. The monoisotopic (exact) mass is 524 g/mol. The number of fused-ring (bicyclic) bond motifs is 1. The number of nitrogens with one attached hydrogen (secondary N) is 1. The Labute approximate surface area is 231 Å². The first kappa shape index (κ1) is 27.9. The molecule has 0 aliphatic rings. The molecule has 0 saturated heterocycles. The van der Waals surface area contributed by atoms with Crippen LogP contribution >= 0.6 is 0 Å². The molecule has 0 unspecified atom stereocenters. The molecule has 3 aromatic carbocycles. The highest BCUT2D eigenvalue weighted by Gasteiger charge is 2.14. The van der Waals surface area contributed by atoms with Crippen LogP contribution in [0.5, 0.6) is 11.5 Å². The van der Waals surface area contributed by atoms with Gasteiger partial charge in [-0.1, -0.05) is 48.5 Å². The molecule has 4 rings (SSSR count). The van der Waals surface area contributed by atoms with E-state index in [2.05, 4.69) is 58.4 Å². The number of hydrogen-bond acceptors (Lipinski definition) is 4. The number of carbonyl (C=O) groups excluding carboxylic acids is 1. The van der Waals surface area contributed by atoms with Crippen molar-refractivity contribution in [1.29, 1.82) is 0 Å². The maximum Gasteiger partial charge on any atom is 0.220 e. The normalized spacial score (nSPS) is 11.1. The van der Waals surface area contributed by atoms with E-state index in [9.17, 15) is 4.79 Å². The van der Waals surface area contributed by atoms with Crippen LogP contribution in [-0.4, -0.2) is 26.1 Å². The van der Waals surface area contributed by atoms with Gasteiger partial charge in [0.25, 0.3) is 0 Å². The Morgan fingerprint density at radius 1 is 0.897 bits per heavy atom. The lowest BCUT2D eigenvalue weighted by Gasteiger charge is -2.11. The molecule has 1 amide bonds. The van der Waals surface area contributed by atoms with E-state index in [1.807, 2.05) is 48.5 Å². The molecule has 0 bridgehead atoms. The third kappa shape index (κ3) is 8.16. The Morgan fingerprint density at radius 3 is 2.54 bits per heavy atom. The molecule has 6 heteroatoms. The van der Waals surface area contributed by atoms with Crippen molar-refractivity contribution in [2.75, 3.05) is 20.2 Å². The molecule has 0 radical (unpaired) electrons. The van der Waals surface area contributed by atoms with Crippen molar-refractivity contribution in [3.05, 3.63) is 102 Å². The molecule has 1 heterocycles. The second-order valence-electron chi connectivity index (χ2n) is 9.44. The minimum absolute atomic E-state index is 0.0773. The summed E-state index contributed by atoms with van der Waals surface area (Å²) in [5, 5.41) is 4.04. The zero-order valence-electron chi connectivity index (χ0n) is 22.6. The van der Waals surface area contributed by atoms with E-state index < -0.39 is 0 Å². The van der Waals surface area contributed by atoms with Gasteiger partial charge in [-0.3, -0.25) is 4.79 Å². The van der Waals surface area contributed by atoms with Crippen LogP contribution in [0, 0.1) is 0 Å². The van der Waals surface area contributed by atoms with Crippen molar-refractivity contribution in [2.45, 2.75) is 38.8 Å². The van der Waals surface area contributed by atoms with E-state index in [4.69, 9.17) is 15.2 Å². The lowest BCUT2D eigenvalue weighted by Crippen LogP contribution is -2.38. The van der Waals surface area contributed by atoms with Crippen LogP contribution in [0.1, 0.15) is 42.5 Å². The quantitative estimate of drug-likeness (QED) is 0.168. The van der Waals surface area contributed by atoms with Gasteiger partial charge in [0.2, 0.25) is 17.1 Å². The fourth-order valence-corrected chi connectivity index (χ4v) is 4.53. The van der Waals surface area contributed by atoms with E-state index >= 15 is 0 Å². The summed E-state index contributed by atoms with van der Waals surface area (Å²) in [7, 11) is 1.66. The lowest BCUT2D eigenvalue weighted by molar-refractivity contribution is -0.673. The van der Waals surface area contributed by atoms with Gasteiger partial charge in [0.1, 0.15) is 13.2 Å². The van der Waals surface area contributed by atoms with E-state index in [-0.39, 0.29) is 5.91 Å². The number of amides is 1. The predicted octanol–water partition coefficient (Wildman–Crippen LogP) is 5.52. The van der Waals surface area contributed by atoms with Gasteiger partial charge in [-0.05, 0) is 54.3 Å². The molecule has 1 aromatic heterocycles. The number of rotatable bonds is 14. The number of nitrogens with zero attached hydrogens (tertiary/aromatic N) is 1. The van der Waals surface area contributed by atoms with Crippen LogP contribution in [0.3, 0.4) is 0 Å². The first-order valence-electron chi connectivity index (χ1n) is 13.6. The Bertz CT molecular complexity index is 1390. The lowest BCUT2D eigenvalue weighted by atomic mass is 10.1. The van der Waals surface area contributed by atoms with E-state index in [0.29, 0.717) is 37.6 Å². The number of hydrogen-bond donors (Lipinski definition) is 2. The number of benzene rings is 3. The van der Waals surface area contributed by atoms with Gasteiger partial charge in [-0.15, -0.1) is 0 Å². The zero-order valence-corrected chi connectivity index (χ0v) is 22.6. The van der Waals surface area contributed by atoms with Crippen molar-refractivity contribution in [2.24, 2.45) is 5.73 Å². The van der Waals surface area contributed by atoms with Crippen LogP contribution < -0.4 is 25.1 Å². The van der Waals surface area contributed by atoms with Crippen LogP contribution in [0.15, 0.2) is 84.9 Å². The van der Waals surface area contributed by atoms with Gasteiger partial charge in [-0.25, -0.2) is 0 Å². The summed E-state index contributed by atoms with van der Waals surface area (Å²) in [6, 6.07) is 28.9. The molecule has 0 fully saturated rings. The number of unbranched alkanes of at least 4 members (excludes halogenated alkanes) is 2. The number of pyridine rings is 1. The first-order chi connectivity index (χ1) is 19.2. The smallest absolute Gasteiger partial charge is 0.220 e. The number of methoxy groups -OCH3 is 1. The fourth-order valence-electron chi connectivity index (χ4n) is 4.53. The predicted molar refractivity (Wildman–Crippen MR) is 157 cm³/mol. The maximum absolute atomic E-state index is 11.9. The van der Waals surface area contributed by atoms with E-state index in [1.54, 1.807) is 7.11 Å². The molecular formula is C33H38N3O3+. The van der Waals surface area contributed by atoms with Gasteiger partial charge in [-0.2, -0.15) is 4.57 Å². The summed E-state index contributed by atoms with van der Waals surface area (Å²) in [6.07, 6.45) is 7.63. The molecule has 0 spiro atoms. The molecule has 3 N–H and O–H groups in total. The van der Waals surface area contributed by atoms with Crippen molar-refractivity contribution in [3.63, 3.8) is 0 Å². The molecular weight excluding hydrogens is 486 g/mol. The molecule has 6 nitrogen and oxygen atoms in total. The molecule has 4 aromatic rings. The topological polar surface area (TPSA) is 77.5 Å². The zero-order chi connectivity index (χ0) is 27.3. The van der Waals surface area contributed by atoms with Gasteiger partial charge >= 0.3 is 0 Å². The molecule has 0 aliphatic carbocycles. The van der Waals surface area contributed by atoms with Gasteiger partial charge in [0, 0.05) is 49.5 Å². The summed E-state index contributed by atoms with van der Waals surface area (Å²) in [5.41, 5.74) is 9.91. The summed E-state index contributed by atoms with van der Waals surface area (Å²) >= 11 is 0. The SMILES string of the molecule is COc1ccc(/C=C/c2ccc3ccccc3[n+]2CCCCCC(=O)NCCN)cc1OCc1ccccc1. The van der Waals surface area contributed by atoms with Crippen molar-refractivity contribution < 1.29 is 18.8 Å². The van der Waals surface area contributed by atoms with E-state index in [1.165, 1.54) is 10.9 Å². The minimum Gasteiger partial charge on any atom is -0.493 e. The highest BCUT2D eigenvalue weighted by atomic mass is 16.5. The second kappa shape index (κ2) is 14.7. The highest BCUT2D eigenvalue weighted by molar-refractivity contribution is 5.77. The summed E-state index contributed by atoms with van der Waals surface area (Å²) in [6.45, 7) is 2.36. The molecule has 202 valence electrons. The van der Waals surface area contributed by atoms with Gasteiger partial charge < -0.3 is 20.5 Å². The Kier molecular flexibility index (Phi) is 10.5. The summed E-state index contributed by atoms with van der Waals surface area (Å²) in [5.74, 6) is 1.50. The maximum atomic E-state index is 11.9. The number of aryl methyl sites for hydroxylation is 1. The minimum atomic E-state index is 0.0773. The Morgan fingerprint density at radius 2 is 1.72 bits per heavy atom.